The summed E-state index contributed by atoms with van der Waals surface area (Å²) in [6.45, 7) is 6.83. The van der Waals surface area contributed by atoms with Gasteiger partial charge >= 0.3 is 0 Å². The second-order valence-corrected chi connectivity index (χ2v) is 5.72. The maximum atomic E-state index is 12.4. The molecular weight excluding hydrogens is 212 g/mol. The highest BCUT2D eigenvalue weighted by Crippen LogP contribution is 2.22. The maximum absolute atomic E-state index is 12.4. The first-order chi connectivity index (χ1) is 7.99. The van der Waals surface area contributed by atoms with Gasteiger partial charge < -0.3 is 10.2 Å². The van der Waals surface area contributed by atoms with Crippen LogP contribution >= 0.6 is 0 Å². The molecule has 1 N–H and O–H groups in total. The van der Waals surface area contributed by atoms with E-state index < -0.39 is 5.54 Å². The number of hydrogen-bond donors (Lipinski definition) is 1. The minimum atomic E-state index is -0.435. The number of rotatable bonds is 4. The molecule has 0 aromatic heterocycles. The summed E-state index contributed by atoms with van der Waals surface area (Å²) < 4.78 is 0. The number of carbonyl (C=O) groups excluding carboxylic acids is 1. The van der Waals surface area contributed by atoms with Crippen molar-refractivity contribution in [2.24, 2.45) is 0 Å². The summed E-state index contributed by atoms with van der Waals surface area (Å²) in [5.41, 5.74) is -0.435. The lowest BCUT2D eigenvalue weighted by Gasteiger charge is -2.35. The molecule has 17 heavy (non-hydrogen) atoms. The minimum absolute atomic E-state index is 0.228. The molecule has 0 saturated heterocycles. The predicted molar refractivity (Wildman–Crippen MR) is 72.0 cm³/mol. The first-order valence-corrected chi connectivity index (χ1v) is 7.01. The van der Waals surface area contributed by atoms with Gasteiger partial charge in [0.2, 0.25) is 5.91 Å². The average molecular weight is 240 g/mol. The number of carbonyl (C=O) groups is 1. The van der Waals surface area contributed by atoms with E-state index in [-0.39, 0.29) is 5.91 Å². The van der Waals surface area contributed by atoms with E-state index in [1.165, 1.54) is 38.5 Å². The smallest absolute Gasteiger partial charge is 0.242 e. The SMILES string of the molecule is CCNC(C)(C)C(=O)N(C)C1CCCCCC1. The van der Waals surface area contributed by atoms with E-state index >= 15 is 0 Å². The third-order valence-electron chi connectivity index (χ3n) is 3.85. The topological polar surface area (TPSA) is 32.3 Å². The molecule has 3 heteroatoms. The Labute approximate surface area is 106 Å². The van der Waals surface area contributed by atoms with Gasteiger partial charge in [-0.1, -0.05) is 32.6 Å². The summed E-state index contributed by atoms with van der Waals surface area (Å²) in [5, 5.41) is 3.27. The molecule has 1 saturated carbocycles. The lowest BCUT2D eigenvalue weighted by molar-refractivity contribution is -0.138. The molecule has 0 bridgehead atoms. The Kier molecular flexibility index (Phi) is 5.44. The second-order valence-electron chi connectivity index (χ2n) is 5.72. The first kappa shape index (κ1) is 14.5. The molecule has 0 heterocycles. The molecule has 0 radical (unpaired) electrons. The molecule has 0 spiro atoms. The van der Waals surface area contributed by atoms with Crippen molar-refractivity contribution in [3.05, 3.63) is 0 Å². The summed E-state index contributed by atoms with van der Waals surface area (Å²) in [6, 6.07) is 0.447. The van der Waals surface area contributed by atoms with Gasteiger partial charge in [0.15, 0.2) is 0 Å². The fraction of sp³-hybridized carbons (Fsp3) is 0.929. The van der Waals surface area contributed by atoms with Gasteiger partial charge in [0, 0.05) is 13.1 Å². The largest absolute Gasteiger partial charge is 0.341 e. The molecule has 0 atom stereocenters. The molecule has 1 amide bonds. The number of nitrogens with one attached hydrogen (secondary N) is 1. The van der Waals surface area contributed by atoms with E-state index in [4.69, 9.17) is 0 Å². The van der Waals surface area contributed by atoms with Crippen molar-refractivity contribution in [1.29, 1.82) is 0 Å². The van der Waals surface area contributed by atoms with E-state index in [1.807, 2.05) is 32.7 Å². The van der Waals surface area contributed by atoms with Gasteiger partial charge in [0.05, 0.1) is 5.54 Å². The third kappa shape index (κ3) is 3.98. The number of hydrogen-bond acceptors (Lipinski definition) is 2. The van der Waals surface area contributed by atoms with Gasteiger partial charge in [-0.25, -0.2) is 0 Å². The van der Waals surface area contributed by atoms with Crippen molar-refractivity contribution in [3.8, 4) is 0 Å². The standard InChI is InChI=1S/C14H28N2O/c1-5-15-14(2,3)13(17)16(4)12-10-8-6-7-9-11-12/h12,15H,5-11H2,1-4H3. The molecule has 1 rings (SSSR count). The molecule has 1 aliphatic carbocycles. The minimum Gasteiger partial charge on any atom is -0.341 e. The van der Waals surface area contributed by atoms with Crippen LogP contribution in [0.4, 0.5) is 0 Å². The quantitative estimate of drug-likeness (QED) is 0.766. The predicted octanol–water partition coefficient (Wildman–Crippen LogP) is 2.56. The van der Waals surface area contributed by atoms with Crippen LogP contribution in [-0.4, -0.2) is 36.0 Å². The molecule has 0 aromatic rings. The van der Waals surface area contributed by atoms with Crippen molar-refractivity contribution in [2.45, 2.75) is 70.9 Å². The fourth-order valence-corrected chi connectivity index (χ4v) is 2.77. The first-order valence-electron chi connectivity index (χ1n) is 7.01. The summed E-state index contributed by atoms with van der Waals surface area (Å²) >= 11 is 0. The summed E-state index contributed by atoms with van der Waals surface area (Å²) in [6.07, 6.45) is 7.53. The highest BCUT2D eigenvalue weighted by atomic mass is 16.2. The van der Waals surface area contributed by atoms with E-state index in [2.05, 4.69) is 5.32 Å². The molecule has 1 fully saturated rings. The van der Waals surface area contributed by atoms with Crippen molar-refractivity contribution in [3.63, 3.8) is 0 Å². The van der Waals surface area contributed by atoms with Crippen LogP contribution < -0.4 is 5.32 Å². The Morgan fingerprint density at radius 3 is 2.24 bits per heavy atom. The van der Waals surface area contributed by atoms with Gasteiger partial charge in [-0.2, -0.15) is 0 Å². The molecule has 1 aliphatic rings. The lowest BCUT2D eigenvalue weighted by atomic mass is 10.00. The number of likely N-dealkylation sites (N-methyl/N-ethyl adjacent to an activating group) is 2. The summed E-state index contributed by atoms with van der Waals surface area (Å²) in [5.74, 6) is 0.228. The van der Waals surface area contributed by atoms with Gasteiger partial charge in [-0.3, -0.25) is 4.79 Å². The van der Waals surface area contributed by atoms with Gasteiger partial charge in [-0.05, 0) is 33.2 Å². The Balaban J connectivity index is 2.60. The lowest BCUT2D eigenvalue weighted by Crippen LogP contribution is -2.55. The average Bonchev–Trinajstić information content (AvgIpc) is 2.55. The fourth-order valence-electron chi connectivity index (χ4n) is 2.77. The van der Waals surface area contributed by atoms with Crippen molar-refractivity contribution >= 4 is 5.91 Å². The van der Waals surface area contributed by atoms with Crippen LogP contribution in [0.5, 0.6) is 0 Å². The number of nitrogens with zero attached hydrogens (tertiary/aromatic N) is 1. The summed E-state index contributed by atoms with van der Waals surface area (Å²) in [7, 11) is 1.97. The van der Waals surface area contributed by atoms with Crippen LogP contribution in [0, 0.1) is 0 Å². The van der Waals surface area contributed by atoms with Crippen molar-refractivity contribution < 1.29 is 4.79 Å². The molecule has 0 aromatic carbocycles. The van der Waals surface area contributed by atoms with Crippen molar-refractivity contribution in [1.82, 2.24) is 10.2 Å². The van der Waals surface area contributed by atoms with E-state index in [9.17, 15) is 4.79 Å². The van der Waals surface area contributed by atoms with Crippen LogP contribution in [0.1, 0.15) is 59.3 Å². The van der Waals surface area contributed by atoms with Crippen molar-refractivity contribution in [2.75, 3.05) is 13.6 Å². The van der Waals surface area contributed by atoms with E-state index in [0.29, 0.717) is 6.04 Å². The van der Waals surface area contributed by atoms with Gasteiger partial charge in [0.1, 0.15) is 0 Å². The monoisotopic (exact) mass is 240 g/mol. The van der Waals surface area contributed by atoms with Gasteiger partial charge in [0.25, 0.3) is 0 Å². The third-order valence-corrected chi connectivity index (χ3v) is 3.85. The van der Waals surface area contributed by atoms with Crippen LogP contribution in [0.3, 0.4) is 0 Å². The zero-order valence-corrected chi connectivity index (χ0v) is 11.9. The molecule has 100 valence electrons. The number of amides is 1. The van der Waals surface area contributed by atoms with Crippen LogP contribution in [0.15, 0.2) is 0 Å². The Morgan fingerprint density at radius 1 is 1.24 bits per heavy atom. The zero-order chi connectivity index (χ0) is 12.9. The van der Waals surface area contributed by atoms with E-state index in [0.717, 1.165) is 6.54 Å². The summed E-state index contributed by atoms with van der Waals surface area (Å²) in [4.78, 5) is 14.4. The van der Waals surface area contributed by atoms with Crippen LogP contribution in [0.2, 0.25) is 0 Å². The molecule has 3 nitrogen and oxygen atoms in total. The highest BCUT2D eigenvalue weighted by molar-refractivity contribution is 5.85. The Hall–Kier alpha value is -0.570. The van der Waals surface area contributed by atoms with Crippen LogP contribution in [0.25, 0.3) is 0 Å². The zero-order valence-electron chi connectivity index (χ0n) is 11.9. The Morgan fingerprint density at radius 2 is 1.76 bits per heavy atom. The Bertz CT molecular complexity index is 243. The van der Waals surface area contributed by atoms with Crippen LogP contribution in [-0.2, 0) is 4.79 Å². The molecule has 0 aliphatic heterocycles. The van der Waals surface area contributed by atoms with E-state index in [1.54, 1.807) is 0 Å². The maximum Gasteiger partial charge on any atom is 0.242 e. The highest BCUT2D eigenvalue weighted by Gasteiger charge is 2.32. The normalized spacial score (nSPS) is 18.8. The molecular formula is C14H28N2O. The van der Waals surface area contributed by atoms with Gasteiger partial charge in [-0.15, -0.1) is 0 Å². The second kappa shape index (κ2) is 6.39. The molecule has 0 unspecified atom stereocenters.